The van der Waals surface area contributed by atoms with Gasteiger partial charge in [-0.1, -0.05) is 37.6 Å². The molecule has 1 amide bonds. The number of aryl methyl sites for hydroxylation is 1. The summed E-state index contributed by atoms with van der Waals surface area (Å²) in [7, 11) is 0. The number of hydrogen-bond donors (Lipinski definition) is 1. The first-order chi connectivity index (χ1) is 23.1. The Balaban J connectivity index is 1.52. The van der Waals surface area contributed by atoms with E-state index < -0.39 is 11.7 Å². The number of nitrogens with one attached hydrogen (secondary N) is 1. The summed E-state index contributed by atoms with van der Waals surface area (Å²) in [4.78, 5) is 31.3. The molecule has 248 valence electrons. The van der Waals surface area contributed by atoms with E-state index in [-0.39, 0.29) is 34.6 Å². The monoisotopic (exact) mass is 670 g/mol. The fourth-order valence-corrected chi connectivity index (χ4v) is 5.41. The molecule has 0 bridgehead atoms. The first-order valence-electron chi connectivity index (χ1n) is 15.6. The van der Waals surface area contributed by atoms with Crippen molar-refractivity contribution < 1.29 is 23.4 Å². The highest BCUT2D eigenvalue weighted by atomic mass is 35.5. The summed E-state index contributed by atoms with van der Waals surface area (Å²) in [6.07, 6.45) is 1.49. The molecule has 0 aliphatic rings. The van der Waals surface area contributed by atoms with Crippen LogP contribution in [0.1, 0.15) is 50.3 Å². The summed E-state index contributed by atoms with van der Waals surface area (Å²) in [5.74, 6) is 0.901. The molecule has 0 saturated heterocycles. The van der Waals surface area contributed by atoms with Gasteiger partial charge in [-0.05, 0) is 104 Å². The van der Waals surface area contributed by atoms with Gasteiger partial charge in [0.05, 0.1) is 35.4 Å². The van der Waals surface area contributed by atoms with Gasteiger partial charge in [0.2, 0.25) is 0 Å². The molecule has 11 heteroatoms. The van der Waals surface area contributed by atoms with Gasteiger partial charge in [0, 0.05) is 11.3 Å². The van der Waals surface area contributed by atoms with Crippen LogP contribution in [0.2, 0.25) is 5.02 Å². The largest absolute Gasteiger partial charge is 0.494 e. The second kappa shape index (κ2) is 15.1. The van der Waals surface area contributed by atoms with Gasteiger partial charge in [0.25, 0.3) is 11.5 Å². The van der Waals surface area contributed by atoms with Crippen LogP contribution in [0.4, 0.5) is 10.1 Å². The molecule has 5 aromatic rings. The summed E-state index contributed by atoms with van der Waals surface area (Å²) in [6, 6.07) is 19.7. The van der Waals surface area contributed by atoms with E-state index >= 15 is 0 Å². The van der Waals surface area contributed by atoms with E-state index in [1.807, 2.05) is 32.0 Å². The number of halogens is 2. The molecule has 1 heterocycles. The van der Waals surface area contributed by atoms with Crippen molar-refractivity contribution >= 4 is 40.3 Å². The first kappa shape index (κ1) is 34.1. The fourth-order valence-electron chi connectivity index (χ4n) is 5.13. The van der Waals surface area contributed by atoms with Crippen molar-refractivity contribution in [1.82, 2.24) is 9.66 Å². The average molecular weight is 671 g/mol. The van der Waals surface area contributed by atoms with Gasteiger partial charge in [0.15, 0.2) is 23.9 Å². The second-order valence-corrected chi connectivity index (χ2v) is 11.6. The Bertz CT molecular complexity index is 2040. The molecular formula is C37H36ClFN4O5. The highest BCUT2D eigenvalue weighted by molar-refractivity contribution is 6.32. The van der Waals surface area contributed by atoms with Crippen LogP contribution in [0, 0.1) is 12.7 Å². The SMILES string of the molecule is CCOc1cc(C)c(-c2nc3ccccc3c(=O)n2N=Cc2cc(Cl)c(OCC(=O)Nc3ccc(F)cc3)c(OCC)c2)cc1C(C)C. The van der Waals surface area contributed by atoms with E-state index in [2.05, 4.69) is 24.3 Å². The maximum absolute atomic E-state index is 13.9. The number of carbonyl (C=O) groups is 1. The third kappa shape index (κ3) is 7.66. The minimum atomic E-state index is -0.466. The second-order valence-electron chi connectivity index (χ2n) is 11.2. The Morgan fingerprint density at radius 2 is 1.71 bits per heavy atom. The zero-order chi connectivity index (χ0) is 34.4. The lowest BCUT2D eigenvalue weighted by Crippen LogP contribution is -2.21. The molecular weight excluding hydrogens is 635 g/mol. The Morgan fingerprint density at radius 1 is 1.00 bits per heavy atom. The van der Waals surface area contributed by atoms with Crippen molar-refractivity contribution in [2.75, 3.05) is 25.1 Å². The maximum Gasteiger partial charge on any atom is 0.282 e. The Hall–Kier alpha value is -5.22. The van der Waals surface area contributed by atoms with E-state index in [4.69, 9.17) is 30.8 Å². The highest BCUT2D eigenvalue weighted by Crippen LogP contribution is 2.37. The highest BCUT2D eigenvalue weighted by Gasteiger charge is 2.19. The number of carbonyl (C=O) groups excluding carboxylic acids is 1. The minimum absolute atomic E-state index is 0.156. The lowest BCUT2D eigenvalue weighted by atomic mass is 9.96. The standard InChI is InChI=1S/C37H36ClFN4O5/c1-6-46-32-16-23(5)29(19-28(32)22(3)4)36-42-31-11-9-8-10-27(31)37(45)43(36)40-20-24-17-30(38)35(33(18-24)47-7-2)48-21-34(44)41-26-14-12-25(39)13-15-26/h8-20,22H,6-7,21H2,1-5H3,(H,41,44). The van der Waals surface area contributed by atoms with Crippen LogP contribution >= 0.6 is 11.6 Å². The third-order valence-electron chi connectivity index (χ3n) is 7.40. The number of aromatic nitrogens is 2. The first-order valence-corrected chi connectivity index (χ1v) is 16.0. The van der Waals surface area contributed by atoms with Crippen LogP contribution in [0.25, 0.3) is 22.3 Å². The van der Waals surface area contributed by atoms with Gasteiger partial charge in [-0.25, -0.2) is 9.37 Å². The van der Waals surface area contributed by atoms with Crippen LogP contribution < -0.4 is 25.1 Å². The zero-order valence-corrected chi connectivity index (χ0v) is 28.1. The van der Waals surface area contributed by atoms with E-state index in [9.17, 15) is 14.0 Å². The van der Waals surface area contributed by atoms with Crippen LogP contribution in [0.3, 0.4) is 0 Å². The van der Waals surface area contributed by atoms with Gasteiger partial charge in [-0.2, -0.15) is 9.78 Å². The topological polar surface area (TPSA) is 104 Å². The molecule has 9 nitrogen and oxygen atoms in total. The van der Waals surface area contributed by atoms with Crippen molar-refractivity contribution in [3.63, 3.8) is 0 Å². The third-order valence-corrected chi connectivity index (χ3v) is 7.68. The molecule has 1 N–H and O–H groups in total. The molecule has 0 saturated carbocycles. The van der Waals surface area contributed by atoms with Crippen LogP contribution in [-0.2, 0) is 4.79 Å². The van der Waals surface area contributed by atoms with E-state index in [1.54, 1.807) is 37.3 Å². The molecule has 4 aromatic carbocycles. The number of nitrogens with zero attached hydrogens (tertiary/aromatic N) is 3. The summed E-state index contributed by atoms with van der Waals surface area (Å²) in [5.41, 5.74) is 3.77. The van der Waals surface area contributed by atoms with Gasteiger partial charge in [-0.3, -0.25) is 9.59 Å². The molecule has 0 radical (unpaired) electrons. The summed E-state index contributed by atoms with van der Waals surface area (Å²) in [5, 5.41) is 7.84. The van der Waals surface area contributed by atoms with Gasteiger partial charge < -0.3 is 19.5 Å². The maximum atomic E-state index is 13.9. The van der Waals surface area contributed by atoms with Crippen molar-refractivity contribution in [3.8, 4) is 28.6 Å². The van der Waals surface area contributed by atoms with Crippen LogP contribution in [0.15, 0.2) is 82.7 Å². The zero-order valence-electron chi connectivity index (χ0n) is 27.3. The molecule has 48 heavy (non-hydrogen) atoms. The van der Waals surface area contributed by atoms with Crippen molar-refractivity contribution in [2.45, 2.75) is 40.5 Å². The average Bonchev–Trinajstić information content (AvgIpc) is 3.05. The van der Waals surface area contributed by atoms with Crippen molar-refractivity contribution in [2.24, 2.45) is 5.10 Å². The Labute approximate surface area is 282 Å². The number of benzene rings is 4. The molecule has 0 atom stereocenters. The lowest BCUT2D eigenvalue weighted by Gasteiger charge is -2.18. The summed E-state index contributed by atoms with van der Waals surface area (Å²) in [6.45, 7) is 10.3. The van der Waals surface area contributed by atoms with Gasteiger partial charge in [-0.15, -0.1) is 0 Å². The van der Waals surface area contributed by atoms with E-state index in [0.717, 1.165) is 22.4 Å². The Kier molecular flexibility index (Phi) is 10.8. The van der Waals surface area contributed by atoms with Crippen LogP contribution in [0.5, 0.6) is 17.2 Å². The number of hydrogen-bond acceptors (Lipinski definition) is 7. The quantitative estimate of drug-likeness (QED) is 0.135. The summed E-state index contributed by atoms with van der Waals surface area (Å²) < 4.78 is 32.0. The van der Waals surface area contributed by atoms with Crippen LogP contribution in [-0.4, -0.2) is 41.6 Å². The van der Waals surface area contributed by atoms with E-state index in [1.165, 1.54) is 35.2 Å². The van der Waals surface area contributed by atoms with Crippen molar-refractivity contribution in [1.29, 1.82) is 0 Å². The van der Waals surface area contributed by atoms with Gasteiger partial charge >= 0.3 is 0 Å². The smallest absolute Gasteiger partial charge is 0.282 e. The van der Waals surface area contributed by atoms with Gasteiger partial charge in [0.1, 0.15) is 11.6 Å². The molecule has 0 spiro atoms. The number of ether oxygens (including phenoxy) is 3. The fraction of sp³-hybridized carbons (Fsp3) is 0.243. The molecule has 0 unspecified atom stereocenters. The lowest BCUT2D eigenvalue weighted by molar-refractivity contribution is -0.118. The molecule has 1 aromatic heterocycles. The number of fused-ring (bicyclic) bond motifs is 1. The number of amides is 1. The summed E-state index contributed by atoms with van der Waals surface area (Å²) >= 11 is 6.63. The predicted octanol–water partition coefficient (Wildman–Crippen LogP) is 7.98. The minimum Gasteiger partial charge on any atom is -0.494 e. The molecule has 0 aliphatic carbocycles. The molecule has 0 aliphatic heterocycles. The number of rotatable bonds is 12. The van der Waals surface area contributed by atoms with Crippen molar-refractivity contribution in [3.05, 3.63) is 111 Å². The Morgan fingerprint density at radius 3 is 2.42 bits per heavy atom. The number of anilines is 1. The normalized spacial score (nSPS) is 11.3. The number of para-hydroxylation sites is 1. The molecule has 5 rings (SSSR count). The van der Waals surface area contributed by atoms with E-state index in [0.29, 0.717) is 41.2 Å². The predicted molar refractivity (Wildman–Crippen MR) is 188 cm³/mol. The molecule has 0 fully saturated rings.